The van der Waals surface area contributed by atoms with Gasteiger partial charge in [-0.05, 0) is 41.7 Å². The highest BCUT2D eigenvalue weighted by molar-refractivity contribution is 5.90. The summed E-state index contributed by atoms with van der Waals surface area (Å²) in [6, 6.07) is 6.41. The van der Waals surface area contributed by atoms with Gasteiger partial charge in [0.05, 0.1) is 0 Å². The zero-order valence-corrected chi connectivity index (χ0v) is 11.8. The van der Waals surface area contributed by atoms with Crippen LogP contribution in [0.15, 0.2) is 18.2 Å². The molecule has 1 N–H and O–H groups in total. The van der Waals surface area contributed by atoms with Gasteiger partial charge in [-0.3, -0.25) is 4.79 Å². The van der Waals surface area contributed by atoms with E-state index < -0.39 is 0 Å². The Bertz CT molecular complexity index is 446. The van der Waals surface area contributed by atoms with Gasteiger partial charge in [-0.1, -0.05) is 39.0 Å². The van der Waals surface area contributed by atoms with Gasteiger partial charge in [-0.25, -0.2) is 0 Å². The molecular formula is C16H23NO. The van der Waals surface area contributed by atoms with E-state index in [0.717, 1.165) is 11.6 Å². The number of amides is 1. The fourth-order valence-electron chi connectivity index (χ4n) is 2.62. The van der Waals surface area contributed by atoms with Crippen molar-refractivity contribution in [2.75, 3.05) is 5.32 Å². The van der Waals surface area contributed by atoms with E-state index in [4.69, 9.17) is 0 Å². The molecule has 1 aliphatic carbocycles. The third-order valence-corrected chi connectivity index (χ3v) is 3.87. The van der Waals surface area contributed by atoms with Gasteiger partial charge in [-0.2, -0.15) is 0 Å². The Hall–Kier alpha value is -1.31. The Morgan fingerprint density at radius 3 is 2.33 bits per heavy atom. The Labute approximate surface area is 110 Å². The lowest BCUT2D eigenvalue weighted by Crippen LogP contribution is -2.13. The van der Waals surface area contributed by atoms with Crippen LogP contribution < -0.4 is 5.32 Å². The van der Waals surface area contributed by atoms with Gasteiger partial charge in [-0.15, -0.1) is 0 Å². The maximum absolute atomic E-state index is 11.4. The van der Waals surface area contributed by atoms with Gasteiger partial charge in [0.2, 0.25) is 5.91 Å². The van der Waals surface area contributed by atoms with Gasteiger partial charge in [0.1, 0.15) is 0 Å². The summed E-state index contributed by atoms with van der Waals surface area (Å²) in [5.41, 5.74) is 3.61. The molecule has 1 aromatic rings. The van der Waals surface area contributed by atoms with E-state index in [2.05, 4.69) is 44.3 Å². The number of hydrogen-bond donors (Lipinski definition) is 1. The molecule has 1 aromatic carbocycles. The third kappa shape index (κ3) is 2.74. The van der Waals surface area contributed by atoms with Gasteiger partial charge < -0.3 is 5.32 Å². The summed E-state index contributed by atoms with van der Waals surface area (Å²) in [6.45, 7) is 8.21. The monoisotopic (exact) mass is 245 g/mol. The van der Waals surface area contributed by atoms with E-state index in [1.165, 1.54) is 24.0 Å². The number of para-hydroxylation sites is 1. The number of anilines is 1. The van der Waals surface area contributed by atoms with Crippen molar-refractivity contribution in [3.8, 4) is 0 Å². The zero-order valence-electron chi connectivity index (χ0n) is 11.8. The molecule has 0 aromatic heterocycles. The molecule has 0 aliphatic heterocycles. The number of rotatable bonds is 4. The van der Waals surface area contributed by atoms with E-state index >= 15 is 0 Å². The van der Waals surface area contributed by atoms with Crippen molar-refractivity contribution in [3.05, 3.63) is 29.3 Å². The van der Waals surface area contributed by atoms with E-state index in [1.54, 1.807) is 6.92 Å². The topological polar surface area (TPSA) is 29.1 Å². The number of hydrogen-bond acceptors (Lipinski definition) is 1. The predicted molar refractivity (Wildman–Crippen MR) is 76.0 cm³/mol. The Morgan fingerprint density at radius 2 is 1.83 bits per heavy atom. The molecule has 0 bridgehead atoms. The molecule has 0 saturated heterocycles. The molecule has 18 heavy (non-hydrogen) atoms. The largest absolute Gasteiger partial charge is 0.326 e. The molecule has 1 amide bonds. The van der Waals surface area contributed by atoms with E-state index in [1.807, 2.05) is 0 Å². The summed E-state index contributed by atoms with van der Waals surface area (Å²) >= 11 is 0. The number of carbonyl (C=O) groups is 1. The van der Waals surface area contributed by atoms with Crippen molar-refractivity contribution in [2.45, 2.75) is 52.4 Å². The van der Waals surface area contributed by atoms with Crippen LogP contribution >= 0.6 is 0 Å². The van der Waals surface area contributed by atoms with Gasteiger partial charge in [0, 0.05) is 12.6 Å². The molecule has 1 atom stereocenters. The minimum Gasteiger partial charge on any atom is -0.326 e. The summed E-state index contributed by atoms with van der Waals surface area (Å²) in [5.74, 6) is 1.80. The molecule has 0 heterocycles. The fourth-order valence-corrected chi connectivity index (χ4v) is 2.62. The van der Waals surface area contributed by atoms with Crippen LogP contribution in [0.2, 0.25) is 0 Å². The maximum Gasteiger partial charge on any atom is 0.221 e. The molecular weight excluding hydrogens is 222 g/mol. The molecule has 98 valence electrons. The van der Waals surface area contributed by atoms with Crippen LogP contribution in [0, 0.1) is 5.92 Å². The van der Waals surface area contributed by atoms with Crippen molar-refractivity contribution >= 4 is 11.6 Å². The van der Waals surface area contributed by atoms with Crippen LogP contribution in [-0.2, 0) is 4.79 Å². The zero-order chi connectivity index (χ0) is 13.3. The van der Waals surface area contributed by atoms with Gasteiger partial charge in [0.15, 0.2) is 0 Å². The number of benzene rings is 1. The highest BCUT2D eigenvalue weighted by atomic mass is 16.1. The second-order valence-corrected chi connectivity index (χ2v) is 5.77. The van der Waals surface area contributed by atoms with Crippen LogP contribution in [0.3, 0.4) is 0 Å². The van der Waals surface area contributed by atoms with Crippen LogP contribution in [0.25, 0.3) is 0 Å². The SMILES string of the molecule is CC(=O)Nc1c(C(C)C)cccc1C(C)C1CC1. The van der Waals surface area contributed by atoms with Crippen LogP contribution in [0.5, 0.6) is 0 Å². The van der Waals surface area contributed by atoms with Gasteiger partial charge in [0.25, 0.3) is 0 Å². The van der Waals surface area contributed by atoms with Crippen molar-refractivity contribution in [3.63, 3.8) is 0 Å². The molecule has 0 spiro atoms. The van der Waals surface area contributed by atoms with Gasteiger partial charge >= 0.3 is 0 Å². The Kier molecular flexibility index (Phi) is 3.74. The summed E-state index contributed by atoms with van der Waals surface area (Å²) in [5, 5.41) is 3.05. The Balaban J connectivity index is 2.42. The normalized spacial score (nSPS) is 16.7. The summed E-state index contributed by atoms with van der Waals surface area (Å²) in [6.07, 6.45) is 2.65. The first-order chi connectivity index (χ1) is 8.50. The first kappa shape index (κ1) is 13.1. The average Bonchev–Trinajstić information content (AvgIpc) is 3.11. The highest BCUT2D eigenvalue weighted by Crippen LogP contribution is 2.45. The quantitative estimate of drug-likeness (QED) is 0.842. The van der Waals surface area contributed by atoms with Crippen molar-refractivity contribution in [1.82, 2.24) is 0 Å². The highest BCUT2D eigenvalue weighted by Gasteiger charge is 2.31. The molecule has 2 heteroatoms. The molecule has 1 saturated carbocycles. The van der Waals surface area contributed by atoms with Crippen molar-refractivity contribution in [2.24, 2.45) is 5.92 Å². The summed E-state index contributed by atoms with van der Waals surface area (Å²) < 4.78 is 0. The van der Waals surface area contributed by atoms with Crippen LogP contribution in [-0.4, -0.2) is 5.91 Å². The lowest BCUT2D eigenvalue weighted by Gasteiger charge is -2.21. The van der Waals surface area contributed by atoms with Crippen LogP contribution in [0.1, 0.15) is 63.5 Å². The van der Waals surface area contributed by atoms with Crippen molar-refractivity contribution in [1.29, 1.82) is 0 Å². The smallest absolute Gasteiger partial charge is 0.221 e. The number of carbonyl (C=O) groups excluding carboxylic acids is 1. The second kappa shape index (κ2) is 5.13. The molecule has 1 fully saturated rings. The first-order valence-corrected chi connectivity index (χ1v) is 6.91. The standard InChI is InChI=1S/C16H23NO/c1-10(2)14-6-5-7-15(11(3)13-8-9-13)16(14)17-12(4)18/h5-7,10-11,13H,8-9H2,1-4H3,(H,17,18). The lowest BCUT2D eigenvalue weighted by atomic mass is 9.89. The average molecular weight is 245 g/mol. The number of nitrogens with one attached hydrogen (secondary N) is 1. The molecule has 1 aliphatic rings. The molecule has 2 rings (SSSR count). The molecule has 0 radical (unpaired) electrons. The Morgan fingerprint density at radius 1 is 1.22 bits per heavy atom. The summed E-state index contributed by atoms with van der Waals surface area (Å²) in [7, 11) is 0. The fraction of sp³-hybridized carbons (Fsp3) is 0.562. The molecule has 2 nitrogen and oxygen atoms in total. The van der Waals surface area contributed by atoms with E-state index in [0.29, 0.717) is 11.8 Å². The predicted octanol–water partition coefficient (Wildman–Crippen LogP) is 4.28. The van der Waals surface area contributed by atoms with E-state index in [-0.39, 0.29) is 5.91 Å². The van der Waals surface area contributed by atoms with E-state index in [9.17, 15) is 4.79 Å². The van der Waals surface area contributed by atoms with Crippen LogP contribution in [0.4, 0.5) is 5.69 Å². The minimum atomic E-state index is 0.0207. The molecule has 1 unspecified atom stereocenters. The first-order valence-electron chi connectivity index (χ1n) is 6.91. The maximum atomic E-state index is 11.4. The third-order valence-electron chi connectivity index (χ3n) is 3.87. The summed E-state index contributed by atoms with van der Waals surface area (Å²) in [4.78, 5) is 11.4. The van der Waals surface area contributed by atoms with Crippen molar-refractivity contribution < 1.29 is 4.79 Å². The minimum absolute atomic E-state index is 0.0207. The lowest BCUT2D eigenvalue weighted by molar-refractivity contribution is -0.114. The second-order valence-electron chi connectivity index (χ2n) is 5.77.